The Morgan fingerprint density at radius 2 is 1.86 bits per heavy atom. The minimum Gasteiger partial charge on any atom is -0.368 e. The van der Waals surface area contributed by atoms with Crippen LogP contribution in [0.25, 0.3) is 10.2 Å². The SMILES string of the molecule is CCSNC(=O)c1ccccc1N1CCN(Cc2nc3ccccc3s2)CC1. The second-order valence-electron chi connectivity index (χ2n) is 6.72. The lowest BCUT2D eigenvalue weighted by molar-refractivity contribution is 0.0984. The smallest absolute Gasteiger partial charge is 0.263 e. The molecule has 1 aromatic heterocycles. The van der Waals surface area contributed by atoms with Crippen LogP contribution in [0, 0.1) is 0 Å². The van der Waals surface area contributed by atoms with Crippen molar-refractivity contribution in [1.29, 1.82) is 0 Å². The van der Waals surface area contributed by atoms with E-state index in [9.17, 15) is 4.79 Å². The Hall–Kier alpha value is -2.09. The van der Waals surface area contributed by atoms with Crippen LogP contribution < -0.4 is 9.62 Å². The first-order valence-corrected chi connectivity index (χ1v) is 11.4. The number of nitrogens with zero attached hydrogens (tertiary/aromatic N) is 3. The third-order valence-corrected chi connectivity index (χ3v) is 6.51. The third-order valence-electron chi connectivity index (χ3n) is 4.87. The number of rotatable bonds is 6. The van der Waals surface area contributed by atoms with Crippen LogP contribution in [-0.2, 0) is 6.54 Å². The first-order chi connectivity index (χ1) is 13.7. The van der Waals surface area contributed by atoms with E-state index in [4.69, 9.17) is 4.98 Å². The van der Waals surface area contributed by atoms with Gasteiger partial charge in [-0.1, -0.05) is 43.1 Å². The molecule has 2 aromatic carbocycles. The molecule has 1 fully saturated rings. The van der Waals surface area contributed by atoms with E-state index in [0.29, 0.717) is 0 Å². The first-order valence-electron chi connectivity index (χ1n) is 9.57. The Morgan fingerprint density at radius 1 is 1.11 bits per heavy atom. The van der Waals surface area contributed by atoms with Crippen molar-refractivity contribution in [3.63, 3.8) is 0 Å². The second-order valence-corrected chi connectivity index (χ2v) is 8.91. The van der Waals surface area contributed by atoms with Gasteiger partial charge in [0.05, 0.1) is 22.3 Å². The zero-order valence-electron chi connectivity index (χ0n) is 15.9. The van der Waals surface area contributed by atoms with E-state index in [1.807, 2.05) is 31.2 Å². The monoisotopic (exact) mass is 412 g/mol. The van der Waals surface area contributed by atoms with Crippen LogP contribution in [0.5, 0.6) is 0 Å². The summed E-state index contributed by atoms with van der Waals surface area (Å²) in [6.07, 6.45) is 0. The second kappa shape index (κ2) is 8.94. The number of piperazine rings is 1. The van der Waals surface area contributed by atoms with Crippen molar-refractivity contribution in [1.82, 2.24) is 14.6 Å². The molecule has 146 valence electrons. The Balaban J connectivity index is 1.39. The summed E-state index contributed by atoms with van der Waals surface area (Å²) in [7, 11) is 0. The number of amides is 1. The van der Waals surface area contributed by atoms with Gasteiger partial charge < -0.3 is 4.90 Å². The van der Waals surface area contributed by atoms with Gasteiger partial charge in [-0.2, -0.15) is 0 Å². The number of benzene rings is 2. The lowest BCUT2D eigenvalue weighted by atomic mass is 10.1. The molecule has 28 heavy (non-hydrogen) atoms. The predicted octanol–water partition coefficient (Wildman–Crippen LogP) is 4.02. The van der Waals surface area contributed by atoms with Crippen LogP contribution in [0.1, 0.15) is 22.3 Å². The predicted molar refractivity (Wildman–Crippen MR) is 119 cm³/mol. The molecule has 4 rings (SSSR count). The number of carbonyl (C=O) groups is 1. The number of hydrogen-bond donors (Lipinski definition) is 1. The number of aromatic nitrogens is 1. The number of thiazole rings is 1. The van der Waals surface area contributed by atoms with Gasteiger partial charge in [-0.3, -0.25) is 14.4 Å². The number of anilines is 1. The third kappa shape index (κ3) is 4.32. The Labute approximate surface area is 173 Å². The number of fused-ring (bicyclic) bond motifs is 1. The zero-order chi connectivity index (χ0) is 19.3. The van der Waals surface area contributed by atoms with Crippen LogP contribution in [0.3, 0.4) is 0 Å². The van der Waals surface area contributed by atoms with E-state index in [2.05, 4.69) is 38.8 Å². The van der Waals surface area contributed by atoms with Crippen LogP contribution in [0.4, 0.5) is 5.69 Å². The van der Waals surface area contributed by atoms with E-state index in [-0.39, 0.29) is 5.91 Å². The van der Waals surface area contributed by atoms with Crippen molar-refractivity contribution in [2.45, 2.75) is 13.5 Å². The maximum absolute atomic E-state index is 12.5. The molecule has 0 unspecified atom stereocenters. The van der Waals surface area contributed by atoms with Gasteiger partial charge in [-0.15, -0.1) is 11.3 Å². The van der Waals surface area contributed by atoms with Crippen LogP contribution in [-0.4, -0.2) is 47.7 Å². The summed E-state index contributed by atoms with van der Waals surface area (Å²) < 4.78 is 4.17. The summed E-state index contributed by atoms with van der Waals surface area (Å²) in [6, 6.07) is 16.2. The van der Waals surface area contributed by atoms with E-state index < -0.39 is 0 Å². The molecule has 0 atom stereocenters. The Kier molecular flexibility index (Phi) is 6.14. The van der Waals surface area contributed by atoms with Crippen LogP contribution in [0.15, 0.2) is 48.5 Å². The topological polar surface area (TPSA) is 48.5 Å². The van der Waals surface area contributed by atoms with Crippen molar-refractivity contribution < 1.29 is 4.79 Å². The zero-order valence-corrected chi connectivity index (χ0v) is 17.6. The average molecular weight is 413 g/mol. The summed E-state index contributed by atoms with van der Waals surface area (Å²) in [6.45, 7) is 6.68. The van der Waals surface area contributed by atoms with Gasteiger partial charge in [-0.05, 0) is 24.3 Å². The highest BCUT2D eigenvalue weighted by molar-refractivity contribution is 7.97. The molecule has 1 amide bonds. The molecule has 0 saturated carbocycles. The molecule has 1 aliphatic rings. The Morgan fingerprint density at radius 3 is 2.64 bits per heavy atom. The quantitative estimate of drug-likeness (QED) is 0.620. The summed E-state index contributed by atoms with van der Waals surface area (Å²) in [5.74, 6) is 0.845. The fraction of sp³-hybridized carbons (Fsp3) is 0.333. The van der Waals surface area contributed by atoms with Gasteiger partial charge in [-0.25, -0.2) is 4.98 Å². The molecular weight excluding hydrogens is 388 g/mol. The molecule has 1 N–H and O–H groups in total. The maximum Gasteiger partial charge on any atom is 0.263 e. The van der Waals surface area contributed by atoms with Crippen molar-refractivity contribution in [3.05, 3.63) is 59.1 Å². The molecule has 1 aliphatic heterocycles. The molecule has 2 heterocycles. The van der Waals surface area contributed by atoms with Gasteiger partial charge in [0.25, 0.3) is 5.91 Å². The number of nitrogens with one attached hydrogen (secondary N) is 1. The molecule has 5 nitrogen and oxygen atoms in total. The lowest BCUT2D eigenvalue weighted by Crippen LogP contribution is -2.46. The van der Waals surface area contributed by atoms with E-state index >= 15 is 0 Å². The normalized spacial score (nSPS) is 15.1. The molecule has 0 bridgehead atoms. The summed E-state index contributed by atoms with van der Waals surface area (Å²) in [4.78, 5) is 22.0. The highest BCUT2D eigenvalue weighted by atomic mass is 32.2. The summed E-state index contributed by atoms with van der Waals surface area (Å²) in [5, 5.41) is 1.17. The molecule has 1 saturated heterocycles. The van der Waals surface area contributed by atoms with Crippen molar-refractivity contribution in [3.8, 4) is 0 Å². The Bertz CT molecular complexity index is 917. The van der Waals surface area contributed by atoms with Gasteiger partial charge in [0, 0.05) is 37.6 Å². The average Bonchev–Trinajstić information content (AvgIpc) is 3.15. The molecular formula is C21H24N4OS2. The van der Waals surface area contributed by atoms with Gasteiger partial charge >= 0.3 is 0 Å². The van der Waals surface area contributed by atoms with Crippen molar-refractivity contribution in [2.75, 3.05) is 36.8 Å². The van der Waals surface area contributed by atoms with Crippen molar-refractivity contribution >= 4 is 45.1 Å². The van der Waals surface area contributed by atoms with E-state index in [1.165, 1.54) is 21.7 Å². The standard InChI is InChI=1S/C21H24N4OS2/c1-2-27-23-21(26)16-7-3-5-9-18(16)25-13-11-24(12-14-25)15-20-22-17-8-4-6-10-19(17)28-20/h3-10H,2,11-15H2,1H3,(H,23,26). The van der Waals surface area contributed by atoms with Crippen molar-refractivity contribution in [2.24, 2.45) is 0 Å². The molecule has 0 spiro atoms. The van der Waals surface area contributed by atoms with E-state index in [0.717, 1.165) is 55.2 Å². The number of hydrogen-bond acceptors (Lipinski definition) is 6. The van der Waals surface area contributed by atoms with Crippen LogP contribution in [0.2, 0.25) is 0 Å². The van der Waals surface area contributed by atoms with Gasteiger partial charge in [0.15, 0.2) is 0 Å². The molecule has 3 aromatic rings. The highest BCUT2D eigenvalue weighted by Gasteiger charge is 2.22. The highest BCUT2D eigenvalue weighted by Crippen LogP contribution is 2.25. The minimum atomic E-state index is -0.0145. The first kappa shape index (κ1) is 19.2. The lowest BCUT2D eigenvalue weighted by Gasteiger charge is -2.36. The van der Waals surface area contributed by atoms with Gasteiger partial charge in [0.1, 0.15) is 5.01 Å². The largest absolute Gasteiger partial charge is 0.368 e. The minimum absolute atomic E-state index is 0.0145. The maximum atomic E-state index is 12.5. The summed E-state index contributed by atoms with van der Waals surface area (Å²) >= 11 is 3.22. The fourth-order valence-electron chi connectivity index (χ4n) is 3.46. The molecule has 0 aliphatic carbocycles. The van der Waals surface area contributed by atoms with Crippen LogP contribution >= 0.6 is 23.3 Å². The molecule has 7 heteroatoms. The fourth-order valence-corrected chi connectivity index (χ4v) is 4.86. The molecule has 0 radical (unpaired) electrons. The number of carbonyl (C=O) groups excluding carboxylic acids is 1. The van der Waals surface area contributed by atoms with E-state index in [1.54, 1.807) is 11.3 Å². The number of para-hydroxylation sites is 2. The summed E-state index contributed by atoms with van der Waals surface area (Å²) in [5.41, 5.74) is 2.87. The van der Waals surface area contributed by atoms with Gasteiger partial charge in [0.2, 0.25) is 0 Å².